The zero-order valence-electron chi connectivity index (χ0n) is 10.8. The fraction of sp³-hybridized carbons (Fsp3) is 0.118. The van der Waals surface area contributed by atoms with E-state index in [0.717, 1.165) is 11.1 Å². The van der Waals surface area contributed by atoms with Gasteiger partial charge < -0.3 is 4.74 Å². The molecule has 0 bridgehead atoms. The number of hydrogen-bond donors (Lipinski definition) is 0. The van der Waals surface area contributed by atoms with E-state index in [0.29, 0.717) is 17.0 Å². The lowest BCUT2D eigenvalue weighted by Gasteiger charge is -2.07. The summed E-state index contributed by atoms with van der Waals surface area (Å²) in [6.07, 6.45) is 0.271. The second-order valence-corrected chi connectivity index (χ2v) is 5.05. The van der Waals surface area contributed by atoms with E-state index in [9.17, 15) is 4.79 Å². The summed E-state index contributed by atoms with van der Waals surface area (Å²) in [5.41, 5.74) is 2.38. The third kappa shape index (κ3) is 2.47. The molecule has 2 nitrogen and oxygen atoms in total. The molecule has 3 rings (SSSR count). The van der Waals surface area contributed by atoms with E-state index in [1.165, 1.54) is 0 Å². The van der Waals surface area contributed by atoms with Crippen LogP contribution >= 0.6 is 11.6 Å². The Hall–Kier alpha value is -2.06. The second-order valence-electron chi connectivity index (χ2n) is 4.67. The van der Waals surface area contributed by atoms with Crippen LogP contribution in [-0.2, 0) is 9.53 Å². The Labute approximate surface area is 122 Å². The van der Waals surface area contributed by atoms with Gasteiger partial charge in [0.25, 0.3) is 0 Å². The van der Waals surface area contributed by atoms with Crippen molar-refractivity contribution in [1.29, 1.82) is 0 Å². The van der Waals surface area contributed by atoms with Gasteiger partial charge in [0, 0.05) is 6.42 Å². The highest BCUT2D eigenvalue weighted by Crippen LogP contribution is 2.38. The number of esters is 1. The molecule has 0 aromatic heterocycles. The molecule has 0 aliphatic carbocycles. The molecule has 1 fully saturated rings. The van der Waals surface area contributed by atoms with Gasteiger partial charge in [-0.1, -0.05) is 72.3 Å². The first-order valence-corrected chi connectivity index (χ1v) is 6.83. The summed E-state index contributed by atoms with van der Waals surface area (Å²) in [5, 5.41) is 0.481. The summed E-state index contributed by atoms with van der Waals surface area (Å²) in [7, 11) is 0. The van der Waals surface area contributed by atoms with Gasteiger partial charge in [0.1, 0.15) is 6.10 Å². The smallest absolute Gasteiger partial charge is 0.336 e. The summed E-state index contributed by atoms with van der Waals surface area (Å²) in [5.74, 6) is -0.326. The van der Waals surface area contributed by atoms with E-state index in [4.69, 9.17) is 16.3 Å². The number of rotatable bonds is 2. The summed E-state index contributed by atoms with van der Waals surface area (Å²) in [6.45, 7) is 0. The molecule has 1 aliphatic rings. The maximum absolute atomic E-state index is 12.0. The van der Waals surface area contributed by atoms with Crippen molar-refractivity contribution in [2.75, 3.05) is 0 Å². The normalized spacial score (nSPS) is 20.6. The standard InChI is InChI=1S/C17H13ClO2/c18-16(13-9-5-2-6-10-13)14-11-15(20-17(14)19)12-7-3-1-4-8-12/h1-10,15H,11H2/b16-14+/t15-/m1/s1. The average Bonchev–Trinajstić information content (AvgIpc) is 2.90. The zero-order chi connectivity index (χ0) is 13.9. The highest BCUT2D eigenvalue weighted by molar-refractivity contribution is 6.51. The van der Waals surface area contributed by atoms with Crippen LogP contribution in [0.4, 0.5) is 0 Å². The molecule has 0 saturated carbocycles. The Morgan fingerprint density at radius 2 is 1.60 bits per heavy atom. The third-order valence-corrected chi connectivity index (χ3v) is 3.80. The highest BCUT2D eigenvalue weighted by atomic mass is 35.5. The van der Waals surface area contributed by atoms with E-state index >= 15 is 0 Å². The van der Waals surface area contributed by atoms with Crippen LogP contribution in [0, 0.1) is 0 Å². The molecule has 1 heterocycles. The zero-order valence-corrected chi connectivity index (χ0v) is 11.5. The molecule has 1 saturated heterocycles. The highest BCUT2D eigenvalue weighted by Gasteiger charge is 2.32. The molecule has 1 atom stereocenters. The Morgan fingerprint density at radius 1 is 1.00 bits per heavy atom. The minimum absolute atomic E-state index is 0.240. The molecular weight excluding hydrogens is 272 g/mol. The molecule has 3 heteroatoms. The van der Waals surface area contributed by atoms with Crippen LogP contribution in [0.15, 0.2) is 66.2 Å². The summed E-state index contributed by atoms with van der Waals surface area (Å²) >= 11 is 6.34. The van der Waals surface area contributed by atoms with Crippen molar-refractivity contribution < 1.29 is 9.53 Å². The van der Waals surface area contributed by atoms with Gasteiger partial charge in [-0.2, -0.15) is 0 Å². The first-order valence-electron chi connectivity index (χ1n) is 6.45. The number of ether oxygens (including phenoxy) is 1. The van der Waals surface area contributed by atoms with Crippen LogP contribution in [0.2, 0.25) is 0 Å². The molecule has 2 aromatic rings. The van der Waals surface area contributed by atoms with E-state index in [1.807, 2.05) is 60.7 Å². The molecule has 0 unspecified atom stereocenters. The van der Waals surface area contributed by atoms with Crippen molar-refractivity contribution in [3.05, 3.63) is 77.4 Å². The predicted molar refractivity (Wildman–Crippen MR) is 79.1 cm³/mol. The van der Waals surface area contributed by atoms with Crippen LogP contribution in [0.1, 0.15) is 23.7 Å². The quantitative estimate of drug-likeness (QED) is 0.606. The van der Waals surface area contributed by atoms with Gasteiger partial charge >= 0.3 is 5.97 Å². The number of cyclic esters (lactones) is 1. The lowest BCUT2D eigenvalue weighted by Crippen LogP contribution is -1.99. The van der Waals surface area contributed by atoms with Gasteiger partial charge in [-0.15, -0.1) is 0 Å². The van der Waals surface area contributed by atoms with E-state index in [1.54, 1.807) is 0 Å². The van der Waals surface area contributed by atoms with E-state index < -0.39 is 0 Å². The van der Waals surface area contributed by atoms with Crippen LogP contribution in [0.3, 0.4) is 0 Å². The molecule has 2 aromatic carbocycles. The second kappa shape index (κ2) is 5.51. The van der Waals surface area contributed by atoms with Gasteiger partial charge in [-0.25, -0.2) is 4.79 Å². The van der Waals surface area contributed by atoms with Crippen molar-refractivity contribution in [2.24, 2.45) is 0 Å². The van der Waals surface area contributed by atoms with Crippen molar-refractivity contribution in [1.82, 2.24) is 0 Å². The third-order valence-electron chi connectivity index (χ3n) is 3.35. The van der Waals surface area contributed by atoms with Gasteiger partial charge in [-0.05, 0) is 11.1 Å². The van der Waals surface area contributed by atoms with Crippen molar-refractivity contribution in [2.45, 2.75) is 12.5 Å². The van der Waals surface area contributed by atoms with E-state index in [2.05, 4.69) is 0 Å². The molecule has 20 heavy (non-hydrogen) atoms. The monoisotopic (exact) mass is 284 g/mol. The van der Waals surface area contributed by atoms with E-state index in [-0.39, 0.29) is 12.1 Å². The number of carbonyl (C=O) groups is 1. The van der Waals surface area contributed by atoms with Crippen LogP contribution in [0.25, 0.3) is 5.03 Å². The fourth-order valence-corrected chi connectivity index (χ4v) is 2.58. The summed E-state index contributed by atoms with van der Waals surface area (Å²) < 4.78 is 5.42. The molecular formula is C17H13ClO2. The molecule has 100 valence electrons. The molecule has 0 amide bonds. The topological polar surface area (TPSA) is 26.3 Å². The van der Waals surface area contributed by atoms with Crippen LogP contribution < -0.4 is 0 Å². The SMILES string of the molecule is O=C1O[C@@H](c2ccccc2)C/C1=C(\Cl)c1ccccc1. The molecule has 0 radical (unpaired) electrons. The average molecular weight is 285 g/mol. The van der Waals surface area contributed by atoms with Crippen LogP contribution in [0.5, 0.6) is 0 Å². The maximum atomic E-state index is 12.0. The Bertz CT molecular complexity index is 647. The minimum atomic E-state index is -0.326. The Kier molecular flexibility index (Phi) is 3.57. The number of carbonyl (C=O) groups excluding carboxylic acids is 1. The van der Waals surface area contributed by atoms with Crippen molar-refractivity contribution in [3.63, 3.8) is 0 Å². The summed E-state index contributed by atoms with van der Waals surface area (Å²) in [4.78, 5) is 12.0. The Balaban J connectivity index is 1.91. The number of halogens is 1. The first kappa shape index (κ1) is 12.9. The minimum Gasteiger partial charge on any atom is -0.454 e. The van der Waals surface area contributed by atoms with Gasteiger partial charge in [-0.3, -0.25) is 0 Å². The number of hydrogen-bond acceptors (Lipinski definition) is 2. The Morgan fingerprint density at radius 3 is 2.25 bits per heavy atom. The summed E-state index contributed by atoms with van der Waals surface area (Å²) in [6, 6.07) is 19.2. The van der Waals surface area contributed by atoms with Crippen molar-refractivity contribution in [3.8, 4) is 0 Å². The predicted octanol–water partition coefficient (Wildman–Crippen LogP) is 4.32. The lowest BCUT2D eigenvalue weighted by molar-refractivity contribution is -0.139. The number of benzene rings is 2. The lowest BCUT2D eigenvalue weighted by atomic mass is 10.0. The largest absolute Gasteiger partial charge is 0.454 e. The first-order chi connectivity index (χ1) is 9.75. The fourth-order valence-electron chi connectivity index (χ4n) is 2.30. The van der Waals surface area contributed by atoms with Crippen molar-refractivity contribution >= 4 is 22.6 Å². The van der Waals surface area contributed by atoms with Gasteiger partial charge in [0.05, 0.1) is 10.6 Å². The van der Waals surface area contributed by atoms with Gasteiger partial charge in [0.15, 0.2) is 0 Å². The molecule has 0 N–H and O–H groups in total. The van der Waals surface area contributed by atoms with Crippen LogP contribution in [-0.4, -0.2) is 5.97 Å². The molecule has 0 spiro atoms. The van der Waals surface area contributed by atoms with Gasteiger partial charge in [0.2, 0.25) is 0 Å². The maximum Gasteiger partial charge on any atom is 0.336 e. The molecule has 1 aliphatic heterocycles.